The summed E-state index contributed by atoms with van der Waals surface area (Å²) in [6.07, 6.45) is 2.55. The van der Waals surface area contributed by atoms with Crippen molar-refractivity contribution < 1.29 is 4.92 Å². The van der Waals surface area contributed by atoms with E-state index in [9.17, 15) is 10.1 Å². The molecule has 0 spiro atoms. The van der Waals surface area contributed by atoms with E-state index in [4.69, 9.17) is 0 Å². The molecule has 0 fully saturated rings. The minimum Gasteiger partial charge on any atom is -0.314 e. The standard InChI is InChI=1S/C12H20N4O2/c1-5-13-9(4)11(8(2)3)12-14-6-10(7-15-12)16(17)18/h6-9,11,13H,5H2,1-4H3. The highest BCUT2D eigenvalue weighted by Crippen LogP contribution is 2.25. The third-order valence-corrected chi connectivity index (χ3v) is 2.95. The van der Waals surface area contributed by atoms with Crippen molar-refractivity contribution in [2.45, 2.75) is 39.7 Å². The van der Waals surface area contributed by atoms with Crippen LogP contribution in [0.25, 0.3) is 0 Å². The second-order valence-corrected chi connectivity index (χ2v) is 4.67. The van der Waals surface area contributed by atoms with Crippen LogP contribution in [0.15, 0.2) is 12.4 Å². The van der Waals surface area contributed by atoms with E-state index >= 15 is 0 Å². The van der Waals surface area contributed by atoms with Crippen LogP contribution in [0, 0.1) is 16.0 Å². The fourth-order valence-electron chi connectivity index (χ4n) is 2.15. The first-order chi connectivity index (χ1) is 8.47. The Morgan fingerprint density at radius 3 is 2.28 bits per heavy atom. The van der Waals surface area contributed by atoms with Gasteiger partial charge < -0.3 is 5.32 Å². The van der Waals surface area contributed by atoms with Crippen LogP contribution >= 0.6 is 0 Å². The van der Waals surface area contributed by atoms with Crippen molar-refractivity contribution >= 4 is 5.69 Å². The van der Waals surface area contributed by atoms with Crippen LogP contribution in [0.1, 0.15) is 39.4 Å². The molecule has 100 valence electrons. The molecule has 1 heterocycles. The molecule has 0 saturated carbocycles. The molecular formula is C12H20N4O2. The molecule has 1 aromatic heterocycles. The smallest absolute Gasteiger partial charge is 0.305 e. The molecule has 6 nitrogen and oxygen atoms in total. The Morgan fingerprint density at radius 1 is 1.33 bits per heavy atom. The van der Waals surface area contributed by atoms with Crippen molar-refractivity contribution in [3.63, 3.8) is 0 Å². The molecule has 0 saturated heterocycles. The van der Waals surface area contributed by atoms with Crippen LogP contribution in [-0.2, 0) is 0 Å². The van der Waals surface area contributed by atoms with Gasteiger partial charge >= 0.3 is 5.69 Å². The largest absolute Gasteiger partial charge is 0.314 e. The monoisotopic (exact) mass is 252 g/mol. The third-order valence-electron chi connectivity index (χ3n) is 2.95. The predicted molar refractivity (Wildman–Crippen MR) is 69.4 cm³/mol. The maximum absolute atomic E-state index is 10.6. The first-order valence-corrected chi connectivity index (χ1v) is 6.17. The van der Waals surface area contributed by atoms with E-state index in [1.807, 2.05) is 6.92 Å². The maximum atomic E-state index is 10.6. The predicted octanol–water partition coefficient (Wildman–Crippen LogP) is 2.12. The highest BCUT2D eigenvalue weighted by molar-refractivity contribution is 5.22. The number of aromatic nitrogens is 2. The second kappa shape index (κ2) is 6.39. The molecule has 0 aliphatic carbocycles. The van der Waals surface area contributed by atoms with Crippen molar-refractivity contribution in [2.75, 3.05) is 6.54 Å². The fourth-order valence-corrected chi connectivity index (χ4v) is 2.15. The fraction of sp³-hybridized carbons (Fsp3) is 0.667. The summed E-state index contributed by atoms with van der Waals surface area (Å²) in [7, 11) is 0. The molecule has 1 aromatic rings. The van der Waals surface area contributed by atoms with Gasteiger partial charge in [0.2, 0.25) is 0 Å². The molecule has 0 aliphatic rings. The van der Waals surface area contributed by atoms with Gasteiger partial charge in [-0.25, -0.2) is 9.97 Å². The van der Waals surface area contributed by atoms with Crippen LogP contribution < -0.4 is 5.32 Å². The Hall–Kier alpha value is -1.56. The van der Waals surface area contributed by atoms with E-state index in [1.54, 1.807) is 0 Å². The van der Waals surface area contributed by atoms with E-state index in [2.05, 4.69) is 36.1 Å². The Morgan fingerprint density at radius 2 is 1.89 bits per heavy atom. The molecule has 0 bridgehead atoms. The van der Waals surface area contributed by atoms with E-state index < -0.39 is 4.92 Å². The van der Waals surface area contributed by atoms with Gasteiger partial charge in [-0.15, -0.1) is 0 Å². The van der Waals surface area contributed by atoms with Crippen molar-refractivity contribution in [3.05, 3.63) is 28.3 Å². The van der Waals surface area contributed by atoms with Gasteiger partial charge in [0.25, 0.3) is 0 Å². The average molecular weight is 252 g/mol. The summed E-state index contributed by atoms with van der Waals surface area (Å²) in [4.78, 5) is 18.3. The van der Waals surface area contributed by atoms with Gasteiger partial charge in [-0.3, -0.25) is 10.1 Å². The quantitative estimate of drug-likeness (QED) is 0.619. The van der Waals surface area contributed by atoms with Crippen LogP contribution in [0.3, 0.4) is 0 Å². The summed E-state index contributed by atoms with van der Waals surface area (Å²) in [5.74, 6) is 1.16. The molecule has 6 heteroatoms. The van der Waals surface area contributed by atoms with Crippen LogP contribution in [0.4, 0.5) is 5.69 Å². The minimum absolute atomic E-state index is 0.0719. The first-order valence-electron chi connectivity index (χ1n) is 6.17. The highest BCUT2D eigenvalue weighted by atomic mass is 16.6. The molecule has 0 aliphatic heterocycles. The zero-order valence-corrected chi connectivity index (χ0v) is 11.3. The minimum atomic E-state index is -0.484. The number of likely N-dealkylation sites (N-methyl/N-ethyl adjacent to an activating group) is 1. The number of rotatable bonds is 6. The second-order valence-electron chi connectivity index (χ2n) is 4.67. The van der Waals surface area contributed by atoms with Crippen molar-refractivity contribution in [3.8, 4) is 0 Å². The molecule has 1 rings (SSSR count). The first kappa shape index (κ1) is 14.5. The number of nitrogens with zero attached hydrogens (tertiary/aromatic N) is 3. The third kappa shape index (κ3) is 3.46. The lowest BCUT2D eigenvalue weighted by Gasteiger charge is -2.26. The van der Waals surface area contributed by atoms with Gasteiger partial charge in [0.05, 0.1) is 4.92 Å². The highest BCUT2D eigenvalue weighted by Gasteiger charge is 2.25. The molecule has 2 unspecified atom stereocenters. The van der Waals surface area contributed by atoms with E-state index in [0.29, 0.717) is 11.7 Å². The Bertz CT molecular complexity index is 392. The number of hydrogen-bond acceptors (Lipinski definition) is 5. The lowest BCUT2D eigenvalue weighted by atomic mass is 9.88. The van der Waals surface area contributed by atoms with E-state index in [1.165, 1.54) is 12.4 Å². The molecule has 0 aromatic carbocycles. The Kier molecular flexibility index (Phi) is 5.15. The summed E-state index contributed by atoms with van der Waals surface area (Å²) < 4.78 is 0. The molecule has 18 heavy (non-hydrogen) atoms. The van der Waals surface area contributed by atoms with Crippen molar-refractivity contribution in [1.82, 2.24) is 15.3 Å². The van der Waals surface area contributed by atoms with Crippen molar-refractivity contribution in [1.29, 1.82) is 0 Å². The Labute approximate surface area is 107 Å². The van der Waals surface area contributed by atoms with Gasteiger partial charge in [0.15, 0.2) is 0 Å². The van der Waals surface area contributed by atoms with Gasteiger partial charge in [-0.2, -0.15) is 0 Å². The van der Waals surface area contributed by atoms with Crippen LogP contribution in [0.2, 0.25) is 0 Å². The summed E-state index contributed by atoms with van der Waals surface area (Å²) in [6.45, 7) is 9.20. The summed E-state index contributed by atoms with van der Waals surface area (Å²) in [5, 5.41) is 13.9. The number of nitrogens with one attached hydrogen (secondary N) is 1. The number of nitro groups is 1. The van der Waals surface area contributed by atoms with Gasteiger partial charge in [-0.05, 0) is 19.4 Å². The topological polar surface area (TPSA) is 81.0 Å². The van der Waals surface area contributed by atoms with E-state index in [-0.39, 0.29) is 17.6 Å². The summed E-state index contributed by atoms with van der Waals surface area (Å²) in [6, 6.07) is 0.233. The van der Waals surface area contributed by atoms with Gasteiger partial charge in [-0.1, -0.05) is 20.8 Å². The molecule has 1 N–H and O–H groups in total. The van der Waals surface area contributed by atoms with E-state index in [0.717, 1.165) is 6.54 Å². The molecule has 0 amide bonds. The maximum Gasteiger partial charge on any atom is 0.305 e. The number of hydrogen-bond donors (Lipinski definition) is 1. The lowest BCUT2D eigenvalue weighted by Crippen LogP contribution is -2.35. The summed E-state index contributed by atoms with van der Waals surface area (Å²) >= 11 is 0. The zero-order valence-electron chi connectivity index (χ0n) is 11.3. The molecular weight excluding hydrogens is 232 g/mol. The van der Waals surface area contributed by atoms with Gasteiger partial charge in [0, 0.05) is 12.0 Å². The normalized spacial score (nSPS) is 14.5. The zero-order chi connectivity index (χ0) is 13.7. The van der Waals surface area contributed by atoms with Crippen molar-refractivity contribution in [2.24, 2.45) is 5.92 Å². The average Bonchev–Trinajstić information content (AvgIpc) is 2.29. The summed E-state index contributed by atoms with van der Waals surface area (Å²) in [5.41, 5.74) is -0.0719. The molecule has 0 radical (unpaired) electrons. The van der Waals surface area contributed by atoms with Gasteiger partial charge in [0.1, 0.15) is 18.2 Å². The molecule has 2 atom stereocenters. The van der Waals surface area contributed by atoms with Crippen LogP contribution in [-0.4, -0.2) is 27.5 Å². The van der Waals surface area contributed by atoms with Crippen LogP contribution in [0.5, 0.6) is 0 Å². The Balaban J connectivity index is 2.95. The SMILES string of the molecule is CCNC(C)C(c1ncc([N+](=O)[O-])cn1)C(C)C. The lowest BCUT2D eigenvalue weighted by molar-refractivity contribution is -0.385.